The van der Waals surface area contributed by atoms with Gasteiger partial charge in [0.1, 0.15) is 12.4 Å². The molecule has 0 bridgehead atoms. The summed E-state index contributed by atoms with van der Waals surface area (Å²) in [4.78, 5) is 11.2. The number of amides is 1. The van der Waals surface area contributed by atoms with E-state index in [0.29, 0.717) is 12.2 Å². The van der Waals surface area contributed by atoms with Gasteiger partial charge in [0.25, 0.3) is 0 Å². The molecule has 0 spiro atoms. The van der Waals surface area contributed by atoms with Crippen LogP contribution in [0.1, 0.15) is 54.4 Å². The number of nitrogens with two attached hydrogens (primary N) is 2. The molecule has 4 N–H and O–H groups in total. The molecule has 1 fully saturated rings. The topological polar surface area (TPSA) is 78.3 Å². The number of aryl methyl sites for hydroxylation is 1. The van der Waals surface area contributed by atoms with Crippen molar-refractivity contribution in [2.75, 3.05) is 6.61 Å². The van der Waals surface area contributed by atoms with E-state index >= 15 is 0 Å². The predicted molar refractivity (Wildman–Crippen MR) is 79.8 cm³/mol. The summed E-state index contributed by atoms with van der Waals surface area (Å²) >= 11 is 0. The van der Waals surface area contributed by atoms with E-state index in [2.05, 4.69) is 0 Å². The largest absolute Gasteiger partial charge is 0.492 e. The second-order valence-electron chi connectivity index (χ2n) is 5.91. The maximum atomic E-state index is 11.2. The third-order valence-electron chi connectivity index (χ3n) is 4.09. The molecule has 0 heterocycles. The van der Waals surface area contributed by atoms with Crippen molar-refractivity contribution in [1.82, 2.24) is 0 Å². The first-order chi connectivity index (χ1) is 9.50. The number of carbonyl (C=O) groups excluding carboxylic acids is 1. The van der Waals surface area contributed by atoms with E-state index in [1.807, 2.05) is 13.0 Å². The zero-order valence-electron chi connectivity index (χ0n) is 12.2. The van der Waals surface area contributed by atoms with E-state index in [1.165, 1.54) is 25.7 Å². The van der Waals surface area contributed by atoms with Gasteiger partial charge in [-0.25, -0.2) is 0 Å². The van der Waals surface area contributed by atoms with Crippen LogP contribution in [-0.4, -0.2) is 18.1 Å². The minimum Gasteiger partial charge on any atom is -0.492 e. The SMILES string of the molecule is Cc1cc(OCC2(N)CCCCCC2)ccc1C(N)=O. The van der Waals surface area contributed by atoms with Gasteiger partial charge in [-0.2, -0.15) is 0 Å². The first kappa shape index (κ1) is 14.9. The second kappa shape index (κ2) is 6.27. The number of carbonyl (C=O) groups is 1. The molecule has 4 nitrogen and oxygen atoms in total. The van der Waals surface area contributed by atoms with Crippen LogP contribution >= 0.6 is 0 Å². The van der Waals surface area contributed by atoms with Crippen molar-refractivity contribution in [3.63, 3.8) is 0 Å². The van der Waals surface area contributed by atoms with Crippen LogP contribution in [0.5, 0.6) is 5.75 Å². The number of hydrogen-bond acceptors (Lipinski definition) is 3. The number of rotatable bonds is 4. The fraction of sp³-hybridized carbons (Fsp3) is 0.562. The quantitative estimate of drug-likeness (QED) is 0.829. The van der Waals surface area contributed by atoms with E-state index < -0.39 is 5.91 Å². The average molecular weight is 276 g/mol. The first-order valence-electron chi connectivity index (χ1n) is 7.32. The summed E-state index contributed by atoms with van der Waals surface area (Å²) in [5.74, 6) is 0.342. The Kier molecular flexibility index (Phi) is 4.65. The molecular formula is C16H24N2O2. The van der Waals surface area contributed by atoms with E-state index in [4.69, 9.17) is 16.2 Å². The van der Waals surface area contributed by atoms with Gasteiger partial charge in [0, 0.05) is 5.56 Å². The summed E-state index contributed by atoms with van der Waals surface area (Å²) in [6, 6.07) is 5.34. The number of benzene rings is 1. The molecule has 0 unspecified atom stereocenters. The zero-order valence-corrected chi connectivity index (χ0v) is 12.2. The lowest BCUT2D eigenvalue weighted by molar-refractivity contribution is 0.0999. The van der Waals surface area contributed by atoms with Gasteiger partial charge in [0.2, 0.25) is 5.91 Å². The molecule has 2 rings (SSSR count). The smallest absolute Gasteiger partial charge is 0.248 e. The highest BCUT2D eigenvalue weighted by molar-refractivity contribution is 5.94. The number of primary amides is 1. The molecule has 0 saturated heterocycles. The Hall–Kier alpha value is -1.55. The molecule has 1 aromatic carbocycles. The fourth-order valence-corrected chi connectivity index (χ4v) is 2.81. The molecule has 0 radical (unpaired) electrons. The van der Waals surface area contributed by atoms with Gasteiger partial charge in [-0.05, 0) is 43.5 Å². The molecule has 0 atom stereocenters. The average Bonchev–Trinajstić information content (AvgIpc) is 2.61. The van der Waals surface area contributed by atoms with Gasteiger partial charge in [0.15, 0.2) is 0 Å². The lowest BCUT2D eigenvalue weighted by Crippen LogP contribution is -2.45. The van der Waals surface area contributed by atoms with Gasteiger partial charge in [-0.1, -0.05) is 25.7 Å². The van der Waals surface area contributed by atoms with E-state index in [1.54, 1.807) is 12.1 Å². The van der Waals surface area contributed by atoms with Crippen molar-refractivity contribution in [1.29, 1.82) is 0 Å². The van der Waals surface area contributed by atoms with Crippen LogP contribution < -0.4 is 16.2 Å². The molecule has 0 aliphatic heterocycles. The molecule has 1 amide bonds. The Bertz CT molecular complexity index is 477. The van der Waals surface area contributed by atoms with E-state index in [9.17, 15) is 4.79 Å². The zero-order chi connectivity index (χ0) is 14.6. The van der Waals surface area contributed by atoms with Crippen molar-refractivity contribution in [2.24, 2.45) is 11.5 Å². The third-order valence-corrected chi connectivity index (χ3v) is 4.09. The Labute approximate surface area is 120 Å². The fourth-order valence-electron chi connectivity index (χ4n) is 2.81. The van der Waals surface area contributed by atoms with Crippen molar-refractivity contribution in [2.45, 2.75) is 51.0 Å². The Morgan fingerprint density at radius 3 is 2.45 bits per heavy atom. The minimum atomic E-state index is -0.409. The van der Waals surface area contributed by atoms with Gasteiger partial charge in [-0.3, -0.25) is 4.79 Å². The van der Waals surface area contributed by atoms with Gasteiger partial charge >= 0.3 is 0 Å². The summed E-state index contributed by atoms with van der Waals surface area (Å²) in [5, 5.41) is 0. The monoisotopic (exact) mass is 276 g/mol. The van der Waals surface area contributed by atoms with Gasteiger partial charge in [0.05, 0.1) is 5.54 Å². The van der Waals surface area contributed by atoms with Crippen LogP contribution in [-0.2, 0) is 0 Å². The lowest BCUT2D eigenvalue weighted by atomic mass is 9.92. The summed E-state index contributed by atoms with van der Waals surface area (Å²) in [6.07, 6.45) is 6.94. The maximum absolute atomic E-state index is 11.2. The molecule has 110 valence electrons. The standard InChI is InChI=1S/C16H24N2O2/c1-12-10-13(6-7-14(12)15(17)19)20-11-16(18)8-4-2-3-5-9-16/h6-7,10H,2-5,8-9,11,18H2,1H3,(H2,17,19). The van der Waals surface area contributed by atoms with Crippen LogP contribution in [0.3, 0.4) is 0 Å². The summed E-state index contributed by atoms with van der Waals surface area (Å²) in [5.41, 5.74) is 12.9. The number of ether oxygens (including phenoxy) is 1. The van der Waals surface area contributed by atoms with Crippen molar-refractivity contribution in [3.05, 3.63) is 29.3 Å². The molecule has 1 aliphatic carbocycles. The third kappa shape index (κ3) is 3.73. The Balaban J connectivity index is 1.99. The van der Waals surface area contributed by atoms with Crippen LogP contribution in [0.25, 0.3) is 0 Å². The highest BCUT2D eigenvalue weighted by atomic mass is 16.5. The van der Waals surface area contributed by atoms with Crippen LogP contribution in [0.15, 0.2) is 18.2 Å². The van der Waals surface area contributed by atoms with Crippen LogP contribution in [0, 0.1) is 6.92 Å². The Morgan fingerprint density at radius 2 is 1.90 bits per heavy atom. The summed E-state index contributed by atoms with van der Waals surface area (Å²) < 4.78 is 5.84. The minimum absolute atomic E-state index is 0.216. The molecule has 20 heavy (non-hydrogen) atoms. The van der Waals surface area contributed by atoms with Crippen molar-refractivity contribution >= 4 is 5.91 Å². The van der Waals surface area contributed by atoms with E-state index in [0.717, 1.165) is 24.2 Å². The van der Waals surface area contributed by atoms with Crippen LogP contribution in [0.4, 0.5) is 0 Å². The van der Waals surface area contributed by atoms with Gasteiger partial charge < -0.3 is 16.2 Å². The highest BCUT2D eigenvalue weighted by Crippen LogP contribution is 2.26. The molecule has 0 aromatic heterocycles. The highest BCUT2D eigenvalue weighted by Gasteiger charge is 2.27. The summed E-state index contributed by atoms with van der Waals surface area (Å²) in [6.45, 7) is 2.39. The Morgan fingerprint density at radius 1 is 1.25 bits per heavy atom. The summed E-state index contributed by atoms with van der Waals surface area (Å²) in [7, 11) is 0. The predicted octanol–water partition coefficient (Wildman–Crippen LogP) is 2.52. The molecular weight excluding hydrogens is 252 g/mol. The molecule has 1 saturated carbocycles. The molecule has 1 aliphatic rings. The van der Waals surface area contributed by atoms with Crippen molar-refractivity contribution < 1.29 is 9.53 Å². The van der Waals surface area contributed by atoms with E-state index in [-0.39, 0.29) is 5.54 Å². The molecule has 4 heteroatoms. The number of hydrogen-bond donors (Lipinski definition) is 2. The molecule has 1 aromatic rings. The van der Waals surface area contributed by atoms with Gasteiger partial charge in [-0.15, -0.1) is 0 Å². The second-order valence-corrected chi connectivity index (χ2v) is 5.91. The maximum Gasteiger partial charge on any atom is 0.248 e. The van der Waals surface area contributed by atoms with Crippen LogP contribution in [0.2, 0.25) is 0 Å². The van der Waals surface area contributed by atoms with Crippen molar-refractivity contribution in [3.8, 4) is 5.75 Å². The first-order valence-corrected chi connectivity index (χ1v) is 7.32. The lowest BCUT2D eigenvalue weighted by Gasteiger charge is -2.28. The normalized spacial score (nSPS) is 18.3.